The summed E-state index contributed by atoms with van der Waals surface area (Å²) in [6.45, 7) is 6.25. The van der Waals surface area contributed by atoms with Crippen molar-refractivity contribution < 1.29 is 13.5 Å². The lowest BCUT2D eigenvalue weighted by atomic mass is 10.1. The Morgan fingerprint density at radius 1 is 1.33 bits per heavy atom. The van der Waals surface area contributed by atoms with Crippen LogP contribution in [0, 0.1) is 6.92 Å². The van der Waals surface area contributed by atoms with E-state index in [0.717, 1.165) is 17.7 Å². The molecule has 6 nitrogen and oxygen atoms in total. The van der Waals surface area contributed by atoms with Crippen molar-refractivity contribution in [1.82, 2.24) is 15.0 Å². The smallest absolute Gasteiger partial charge is 0.254 e. The summed E-state index contributed by atoms with van der Waals surface area (Å²) < 4.78 is 17.2. The van der Waals surface area contributed by atoms with Gasteiger partial charge in [0, 0.05) is 29.2 Å². The first kappa shape index (κ1) is 16.8. The summed E-state index contributed by atoms with van der Waals surface area (Å²) in [6.07, 6.45) is 1.75. The zero-order valence-electron chi connectivity index (χ0n) is 14.1. The highest BCUT2D eigenvalue weighted by Crippen LogP contribution is 2.31. The van der Waals surface area contributed by atoms with E-state index in [4.69, 9.17) is 4.52 Å². The van der Waals surface area contributed by atoms with Crippen LogP contribution in [0.25, 0.3) is 0 Å². The summed E-state index contributed by atoms with van der Waals surface area (Å²) in [7, 11) is -1.05. The summed E-state index contributed by atoms with van der Waals surface area (Å²) >= 11 is 0. The molecule has 24 heavy (non-hydrogen) atoms. The molecule has 1 aromatic carbocycles. The van der Waals surface area contributed by atoms with Crippen molar-refractivity contribution in [3.63, 3.8) is 0 Å². The van der Waals surface area contributed by atoms with Crippen LogP contribution in [0.4, 0.5) is 0 Å². The highest BCUT2D eigenvalue weighted by molar-refractivity contribution is 7.85. The first-order chi connectivity index (χ1) is 11.5. The van der Waals surface area contributed by atoms with Crippen LogP contribution in [0.1, 0.15) is 54.8 Å². The normalized spacial score (nSPS) is 19.0. The van der Waals surface area contributed by atoms with Crippen LogP contribution in [0.5, 0.6) is 0 Å². The van der Waals surface area contributed by atoms with E-state index in [-0.39, 0.29) is 17.2 Å². The van der Waals surface area contributed by atoms with E-state index in [1.54, 1.807) is 36.1 Å². The number of amides is 1. The van der Waals surface area contributed by atoms with E-state index in [1.165, 1.54) is 0 Å². The largest absolute Gasteiger partial charge is 0.340 e. The summed E-state index contributed by atoms with van der Waals surface area (Å²) in [6, 6.07) is 6.89. The standard InChI is InChI=1S/C17H21N3O3S/c1-11(2)24(22)14-8-6-13(7-9-14)17(21)20-10-4-5-15(20)16-18-12(3)23-19-16/h6-9,11,15H,4-5,10H2,1-3H3. The first-order valence-electron chi connectivity index (χ1n) is 8.09. The molecule has 0 radical (unpaired) electrons. The number of carbonyl (C=O) groups excluding carboxylic acids is 1. The zero-order chi connectivity index (χ0) is 17.3. The van der Waals surface area contributed by atoms with Gasteiger partial charge in [0.25, 0.3) is 5.91 Å². The van der Waals surface area contributed by atoms with E-state index in [2.05, 4.69) is 10.1 Å². The Morgan fingerprint density at radius 3 is 2.62 bits per heavy atom. The van der Waals surface area contributed by atoms with Crippen LogP contribution in [0.15, 0.2) is 33.7 Å². The van der Waals surface area contributed by atoms with Crippen molar-refractivity contribution in [1.29, 1.82) is 0 Å². The highest BCUT2D eigenvalue weighted by atomic mass is 32.2. The number of aromatic nitrogens is 2. The Kier molecular flexibility index (Phi) is 4.80. The van der Waals surface area contributed by atoms with Gasteiger partial charge < -0.3 is 9.42 Å². The Labute approximate surface area is 143 Å². The number of aryl methyl sites for hydroxylation is 1. The minimum absolute atomic E-state index is 0.0518. The second-order valence-corrected chi connectivity index (χ2v) is 8.21. The average molecular weight is 347 g/mol. The van der Waals surface area contributed by atoms with Crippen molar-refractivity contribution >= 4 is 16.7 Å². The number of likely N-dealkylation sites (tertiary alicyclic amines) is 1. The maximum Gasteiger partial charge on any atom is 0.254 e. The molecule has 0 aliphatic carbocycles. The molecule has 1 saturated heterocycles. The van der Waals surface area contributed by atoms with Crippen LogP contribution in [-0.4, -0.2) is 37.0 Å². The van der Waals surface area contributed by atoms with Gasteiger partial charge in [-0.3, -0.25) is 9.00 Å². The van der Waals surface area contributed by atoms with Crippen molar-refractivity contribution in [2.75, 3.05) is 6.54 Å². The quantitative estimate of drug-likeness (QED) is 0.850. The fraction of sp³-hybridized carbons (Fsp3) is 0.471. The molecule has 3 rings (SSSR count). The van der Waals surface area contributed by atoms with Gasteiger partial charge in [0.05, 0.1) is 16.8 Å². The van der Waals surface area contributed by atoms with Crippen molar-refractivity contribution in [3.05, 3.63) is 41.5 Å². The molecule has 0 N–H and O–H groups in total. The van der Waals surface area contributed by atoms with Gasteiger partial charge in [0.1, 0.15) is 0 Å². The van der Waals surface area contributed by atoms with Gasteiger partial charge in [-0.05, 0) is 37.1 Å². The third kappa shape index (κ3) is 3.26. The minimum atomic E-state index is -1.05. The zero-order valence-corrected chi connectivity index (χ0v) is 14.9. The molecule has 1 aliphatic heterocycles. The van der Waals surface area contributed by atoms with Crippen molar-refractivity contribution in [3.8, 4) is 0 Å². The molecule has 7 heteroatoms. The lowest BCUT2D eigenvalue weighted by molar-refractivity contribution is 0.0728. The number of benzene rings is 1. The molecule has 0 saturated carbocycles. The molecule has 2 aromatic rings. The SMILES string of the molecule is Cc1nc(C2CCCN2C(=O)c2ccc(S(=O)C(C)C)cc2)no1. The van der Waals surface area contributed by atoms with Gasteiger partial charge in [-0.1, -0.05) is 19.0 Å². The lowest BCUT2D eigenvalue weighted by Crippen LogP contribution is -2.31. The fourth-order valence-electron chi connectivity index (χ4n) is 2.90. The Balaban J connectivity index is 1.79. The predicted molar refractivity (Wildman–Crippen MR) is 90.0 cm³/mol. The molecule has 2 atom stereocenters. The van der Waals surface area contributed by atoms with Crippen LogP contribution in [0.3, 0.4) is 0 Å². The third-order valence-electron chi connectivity index (χ3n) is 4.12. The van der Waals surface area contributed by atoms with Gasteiger partial charge in [-0.2, -0.15) is 4.98 Å². The number of hydrogen-bond donors (Lipinski definition) is 0. The maximum absolute atomic E-state index is 12.8. The molecule has 0 bridgehead atoms. The van der Waals surface area contributed by atoms with Crippen LogP contribution >= 0.6 is 0 Å². The fourth-order valence-corrected chi connectivity index (χ4v) is 3.85. The Bertz CT molecular complexity index is 755. The molecule has 1 fully saturated rings. The molecular formula is C17H21N3O3S. The number of hydrogen-bond acceptors (Lipinski definition) is 5. The summed E-state index contributed by atoms with van der Waals surface area (Å²) in [5.74, 6) is 1.02. The molecule has 2 heterocycles. The first-order valence-corrected chi connectivity index (χ1v) is 9.30. The monoisotopic (exact) mass is 347 g/mol. The van der Waals surface area contributed by atoms with E-state index in [1.807, 2.05) is 13.8 Å². The van der Waals surface area contributed by atoms with Crippen LogP contribution in [-0.2, 0) is 10.8 Å². The van der Waals surface area contributed by atoms with Gasteiger partial charge in [0.15, 0.2) is 5.82 Å². The second-order valence-electron chi connectivity index (χ2n) is 6.20. The average Bonchev–Trinajstić information content (AvgIpc) is 3.22. The maximum atomic E-state index is 12.8. The summed E-state index contributed by atoms with van der Waals surface area (Å²) in [4.78, 5) is 19.6. The molecule has 128 valence electrons. The van der Waals surface area contributed by atoms with Gasteiger partial charge in [-0.25, -0.2) is 0 Å². The summed E-state index contributed by atoms with van der Waals surface area (Å²) in [5, 5.41) is 4.01. The second kappa shape index (κ2) is 6.84. The third-order valence-corrected chi connectivity index (χ3v) is 5.71. The van der Waals surface area contributed by atoms with E-state index < -0.39 is 10.8 Å². The van der Waals surface area contributed by atoms with Crippen LogP contribution in [0.2, 0.25) is 0 Å². The number of carbonyl (C=O) groups is 1. The van der Waals surface area contributed by atoms with Crippen molar-refractivity contribution in [2.45, 2.75) is 49.8 Å². The molecule has 1 aliphatic rings. The minimum Gasteiger partial charge on any atom is -0.340 e. The Morgan fingerprint density at radius 2 is 2.04 bits per heavy atom. The van der Waals surface area contributed by atoms with E-state index >= 15 is 0 Å². The predicted octanol–water partition coefficient (Wildman–Crippen LogP) is 2.87. The lowest BCUT2D eigenvalue weighted by Gasteiger charge is -2.22. The summed E-state index contributed by atoms with van der Waals surface area (Å²) in [5.41, 5.74) is 0.589. The van der Waals surface area contributed by atoms with Crippen molar-refractivity contribution in [2.24, 2.45) is 0 Å². The van der Waals surface area contributed by atoms with Gasteiger partial charge >= 0.3 is 0 Å². The number of rotatable bonds is 4. The molecule has 0 spiro atoms. The molecule has 1 amide bonds. The van der Waals surface area contributed by atoms with Crippen LogP contribution < -0.4 is 0 Å². The topological polar surface area (TPSA) is 76.3 Å². The highest BCUT2D eigenvalue weighted by Gasteiger charge is 2.33. The van der Waals surface area contributed by atoms with E-state index in [9.17, 15) is 9.00 Å². The van der Waals surface area contributed by atoms with Gasteiger partial charge in [-0.15, -0.1) is 0 Å². The number of nitrogens with zero attached hydrogens (tertiary/aromatic N) is 3. The Hall–Kier alpha value is -2.02. The van der Waals surface area contributed by atoms with Gasteiger partial charge in [0.2, 0.25) is 5.89 Å². The molecule has 1 aromatic heterocycles. The molecular weight excluding hydrogens is 326 g/mol. The van der Waals surface area contributed by atoms with E-state index in [0.29, 0.717) is 23.8 Å². The molecule has 2 unspecified atom stereocenters.